The van der Waals surface area contributed by atoms with Gasteiger partial charge in [-0.05, 0) is 0 Å². The van der Waals surface area contributed by atoms with Crippen LogP contribution in [0.1, 0.15) is 11.5 Å². The Morgan fingerprint density at radius 2 is 1.30 bits per heavy atom. The van der Waals surface area contributed by atoms with Gasteiger partial charge in [0.05, 0.1) is 37.6 Å². The zero-order chi connectivity index (χ0) is 32.0. The highest BCUT2D eigenvalue weighted by Gasteiger charge is 2.52. The van der Waals surface area contributed by atoms with Crippen LogP contribution in [0.5, 0.6) is 0 Å². The first-order valence-electron chi connectivity index (χ1n) is 12.5. The lowest BCUT2D eigenvalue weighted by molar-refractivity contribution is -0.192. The van der Waals surface area contributed by atoms with Crippen molar-refractivity contribution >= 4 is 39.6 Å². The molecule has 5 N–H and O–H groups in total. The van der Waals surface area contributed by atoms with E-state index in [9.17, 15) is 31.2 Å². The third kappa shape index (κ3) is 5.71. The molecule has 4 bridgehead atoms. The van der Waals surface area contributed by atoms with Gasteiger partial charge in [0.15, 0.2) is 24.3 Å². The monoisotopic (exact) mass is 648 g/mol. The summed E-state index contributed by atoms with van der Waals surface area (Å²) in [5.74, 6) is -2.10. The first-order chi connectivity index (χ1) is 20.8. The first kappa shape index (κ1) is 30.9. The normalized spacial score (nSPS) is 24.8. The molecule has 4 atom stereocenters. The largest absolute Gasteiger partial charge is 0.490 e. The molecule has 4 aliphatic heterocycles. The maximum absolute atomic E-state index is 13.1. The van der Waals surface area contributed by atoms with E-state index in [1.54, 1.807) is 12.2 Å². The summed E-state index contributed by atoms with van der Waals surface area (Å²) in [5, 5.41) is 8.46. The number of amides is 4. The third-order valence-electron chi connectivity index (χ3n) is 6.94. The predicted molar refractivity (Wildman–Crippen MR) is 135 cm³/mol. The van der Waals surface area contributed by atoms with Crippen molar-refractivity contribution in [3.05, 3.63) is 48.9 Å². The minimum atomic E-state index is -5.08. The average molecular weight is 649 g/mol. The van der Waals surface area contributed by atoms with Crippen LogP contribution in [0.2, 0.25) is 0 Å². The Balaban J connectivity index is 0.000000493. The zero-order valence-corrected chi connectivity index (χ0v) is 22.9. The standard InChI is InChI=1S/C20H22N8O8S.C2HF3O2/c21-3-11-1-13(17-5-23-9-33-17)15-7-25(11)19(29)27(15)35-37(31,32)36-28-16-8-26(20(28)30)12(4-22)2-14(16)18-6-24-10-34-18;3-2(4,5)1(6)7/h1-2,5-6,9-12,15-16H,3-4,7-8,21-22H2;(H,6,7)/t11-,12-,15-,16-;/m0./s1. The minimum absolute atomic E-state index is 0.0893. The molecule has 18 nitrogen and oxygen atoms in total. The maximum atomic E-state index is 13.1. The summed E-state index contributed by atoms with van der Waals surface area (Å²) in [6.45, 7) is 0.370. The summed E-state index contributed by atoms with van der Waals surface area (Å²) in [4.78, 5) is 45.5. The molecule has 44 heavy (non-hydrogen) atoms. The first-order valence-corrected chi connectivity index (χ1v) is 13.8. The van der Waals surface area contributed by atoms with E-state index in [2.05, 4.69) is 9.97 Å². The molecule has 6 rings (SSSR count). The molecule has 4 aliphatic rings. The number of carbonyl (C=O) groups is 3. The summed E-state index contributed by atoms with van der Waals surface area (Å²) < 4.78 is 78.9. The number of hydrogen-bond acceptors (Lipinski definition) is 13. The van der Waals surface area contributed by atoms with Crippen LogP contribution in [-0.4, -0.2) is 118 Å². The van der Waals surface area contributed by atoms with Crippen LogP contribution < -0.4 is 11.5 Å². The molecular weight excluding hydrogens is 625 g/mol. The highest BCUT2D eigenvalue weighted by Crippen LogP contribution is 2.38. The Hall–Kier alpha value is -4.51. The molecule has 0 radical (unpaired) electrons. The molecule has 4 amide bonds. The third-order valence-corrected chi connectivity index (χ3v) is 7.63. The van der Waals surface area contributed by atoms with Crippen LogP contribution >= 0.6 is 0 Å². The Labute approximate surface area is 245 Å². The number of fused-ring (bicyclic) bond motifs is 4. The van der Waals surface area contributed by atoms with Crippen LogP contribution in [-0.2, 0) is 23.8 Å². The summed E-state index contributed by atoms with van der Waals surface area (Å²) in [5.41, 5.74) is 12.6. The number of carboxylic acid groups (broad SMARTS) is 1. The maximum Gasteiger partial charge on any atom is 0.490 e. The van der Waals surface area contributed by atoms with E-state index in [1.807, 2.05) is 0 Å². The lowest BCUT2D eigenvalue weighted by atomic mass is 9.98. The predicted octanol–water partition coefficient (Wildman–Crippen LogP) is -0.235. The quantitative estimate of drug-likeness (QED) is 0.335. The second-order valence-corrected chi connectivity index (χ2v) is 10.6. The molecule has 238 valence electrons. The van der Waals surface area contributed by atoms with Crippen molar-refractivity contribution in [2.75, 3.05) is 26.2 Å². The fourth-order valence-corrected chi connectivity index (χ4v) is 5.75. The van der Waals surface area contributed by atoms with Gasteiger partial charge >= 0.3 is 34.6 Å². The van der Waals surface area contributed by atoms with Gasteiger partial charge in [-0.3, -0.25) is 0 Å². The molecule has 6 heterocycles. The number of nitrogens with two attached hydrogens (primary N) is 2. The summed E-state index contributed by atoms with van der Waals surface area (Å²) >= 11 is 0. The summed E-state index contributed by atoms with van der Waals surface area (Å²) in [7, 11) is -4.98. The minimum Gasteiger partial charge on any atom is -0.475 e. The van der Waals surface area contributed by atoms with Crippen molar-refractivity contribution in [3.63, 3.8) is 0 Å². The number of aliphatic carboxylic acids is 1. The molecule has 2 fully saturated rings. The number of urea groups is 2. The number of halogens is 3. The number of aromatic nitrogens is 2. The molecular formula is C22H23F3N8O10S. The zero-order valence-electron chi connectivity index (χ0n) is 22.1. The Kier molecular flexibility index (Phi) is 8.11. The van der Waals surface area contributed by atoms with Crippen molar-refractivity contribution in [1.29, 1.82) is 0 Å². The van der Waals surface area contributed by atoms with E-state index in [0.29, 0.717) is 32.8 Å². The van der Waals surface area contributed by atoms with Gasteiger partial charge in [0.25, 0.3) is 0 Å². The van der Waals surface area contributed by atoms with E-state index in [1.165, 1.54) is 35.0 Å². The summed E-state index contributed by atoms with van der Waals surface area (Å²) in [6.07, 6.45) is 3.61. The van der Waals surface area contributed by atoms with Crippen molar-refractivity contribution in [1.82, 2.24) is 29.9 Å². The number of alkyl halides is 3. The number of hydrogen-bond donors (Lipinski definition) is 3. The summed E-state index contributed by atoms with van der Waals surface area (Å²) in [6, 6.07) is -4.22. The molecule has 0 aliphatic carbocycles. The lowest BCUT2D eigenvalue weighted by Gasteiger charge is -2.28. The molecule has 2 aromatic heterocycles. The van der Waals surface area contributed by atoms with Crippen LogP contribution in [0.25, 0.3) is 11.1 Å². The van der Waals surface area contributed by atoms with Crippen molar-refractivity contribution in [2.45, 2.75) is 30.3 Å². The molecule has 22 heteroatoms. The fourth-order valence-electron chi connectivity index (χ4n) is 5.00. The van der Waals surface area contributed by atoms with Crippen LogP contribution in [0.4, 0.5) is 22.8 Å². The molecule has 0 saturated carbocycles. The van der Waals surface area contributed by atoms with Gasteiger partial charge in [-0.2, -0.15) is 31.7 Å². The lowest BCUT2D eigenvalue weighted by Crippen LogP contribution is -2.43. The number of carboxylic acids is 1. The smallest absolute Gasteiger partial charge is 0.475 e. The Morgan fingerprint density at radius 1 is 0.909 bits per heavy atom. The molecule has 0 aromatic carbocycles. The average Bonchev–Trinajstić information content (AvgIpc) is 3.78. The van der Waals surface area contributed by atoms with Crippen LogP contribution in [0, 0.1) is 0 Å². The fraction of sp³-hybridized carbons (Fsp3) is 0.409. The van der Waals surface area contributed by atoms with Gasteiger partial charge in [0, 0.05) is 24.2 Å². The van der Waals surface area contributed by atoms with Gasteiger partial charge in [0.2, 0.25) is 0 Å². The number of rotatable bonds is 8. The van der Waals surface area contributed by atoms with Gasteiger partial charge in [-0.1, -0.05) is 12.2 Å². The number of nitrogens with zero attached hydrogens (tertiary/aromatic N) is 6. The van der Waals surface area contributed by atoms with Gasteiger partial charge in [-0.15, -0.1) is 8.57 Å². The van der Waals surface area contributed by atoms with Crippen molar-refractivity contribution in [3.8, 4) is 0 Å². The van der Waals surface area contributed by atoms with E-state index in [4.69, 9.17) is 38.8 Å². The van der Waals surface area contributed by atoms with Crippen molar-refractivity contribution in [2.24, 2.45) is 11.5 Å². The second kappa shape index (κ2) is 11.5. The Bertz CT molecular complexity index is 1480. The molecule has 2 aromatic rings. The molecule has 0 unspecified atom stereocenters. The number of oxazole rings is 2. The Morgan fingerprint density at radius 3 is 1.59 bits per heavy atom. The number of hydroxylamine groups is 4. The van der Waals surface area contributed by atoms with Gasteiger partial charge < -0.3 is 35.2 Å². The molecule has 0 spiro atoms. The van der Waals surface area contributed by atoms with E-state index in [-0.39, 0.29) is 26.2 Å². The van der Waals surface area contributed by atoms with Crippen LogP contribution in [0.15, 0.2) is 46.2 Å². The van der Waals surface area contributed by atoms with Gasteiger partial charge in [0.1, 0.15) is 12.1 Å². The highest BCUT2D eigenvalue weighted by molar-refractivity contribution is 7.81. The van der Waals surface area contributed by atoms with E-state index < -0.39 is 58.8 Å². The van der Waals surface area contributed by atoms with Crippen LogP contribution in [0.3, 0.4) is 0 Å². The topological polar surface area (TPSA) is 241 Å². The van der Waals surface area contributed by atoms with E-state index >= 15 is 0 Å². The number of carbonyl (C=O) groups excluding carboxylic acids is 2. The van der Waals surface area contributed by atoms with Crippen molar-refractivity contribution < 1.29 is 58.5 Å². The SMILES string of the molecule is NC[C@@H]1C=C(c2cnco2)[C@@H]2CN1C(=O)N2OS(=O)(=O)ON1C(=O)N2C[C@H]1C(c1cnco1)=C[C@H]2CN.O=C(O)C(F)(F)F. The van der Waals surface area contributed by atoms with E-state index in [0.717, 1.165) is 0 Å². The van der Waals surface area contributed by atoms with Gasteiger partial charge in [-0.25, -0.2) is 24.4 Å². The highest BCUT2D eigenvalue weighted by atomic mass is 32.3. The molecule has 2 saturated heterocycles. The second-order valence-electron chi connectivity index (χ2n) is 9.49.